The maximum atomic E-state index is 10.9. The van der Waals surface area contributed by atoms with Crippen LogP contribution in [-0.2, 0) is 10.8 Å². The lowest BCUT2D eigenvalue weighted by Crippen LogP contribution is -2.41. The first-order valence-electron chi connectivity index (χ1n) is 11.9. The van der Waals surface area contributed by atoms with Gasteiger partial charge in [0.15, 0.2) is 0 Å². The minimum atomic E-state index is -0.332. The third kappa shape index (κ3) is 4.08. The van der Waals surface area contributed by atoms with E-state index in [0.29, 0.717) is 12.0 Å². The number of fused-ring (bicyclic) bond motifs is 4. The Morgan fingerprint density at radius 2 is 1.30 bits per heavy atom. The summed E-state index contributed by atoms with van der Waals surface area (Å²) in [4.78, 5) is 15.2. The number of nitro groups is 1. The van der Waals surface area contributed by atoms with Crippen LogP contribution in [0.25, 0.3) is 0 Å². The Labute approximate surface area is 195 Å². The van der Waals surface area contributed by atoms with Gasteiger partial charge in [-0.3, -0.25) is 10.1 Å². The predicted octanol–water partition coefficient (Wildman–Crippen LogP) is 3.99. The van der Waals surface area contributed by atoms with E-state index in [2.05, 4.69) is 48.2 Å². The fourth-order valence-corrected chi connectivity index (χ4v) is 5.71. The molecule has 6 rings (SSSR count). The lowest BCUT2D eigenvalue weighted by Gasteiger charge is -2.36. The van der Waals surface area contributed by atoms with E-state index in [1.54, 1.807) is 12.1 Å². The highest BCUT2D eigenvalue weighted by Gasteiger charge is 2.44. The zero-order valence-electron chi connectivity index (χ0n) is 19.6. The summed E-state index contributed by atoms with van der Waals surface area (Å²) >= 11 is 0. The number of non-ortho nitro benzene ring substituents is 1. The van der Waals surface area contributed by atoms with Crippen molar-refractivity contribution in [2.24, 2.45) is 0 Å². The molecular formula is C26H33N3O4. The molecule has 0 unspecified atom stereocenters. The molecule has 2 spiro atoms. The molecule has 0 N–H and O–H groups in total. The van der Waals surface area contributed by atoms with Crippen molar-refractivity contribution in [1.82, 2.24) is 9.80 Å². The number of hydrogen-bond donors (Lipinski definition) is 0. The Morgan fingerprint density at radius 1 is 0.788 bits per heavy atom. The van der Waals surface area contributed by atoms with Crippen LogP contribution < -0.4 is 9.47 Å². The summed E-state index contributed by atoms with van der Waals surface area (Å²) in [6.45, 7) is 5.98. The molecule has 0 amide bonds. The summed E-state index contributed by atoms with van der Waals surface area (Å²) in [7, 11) is 4.31. The molecular weight excluding hydrogens is 418 g/mol. The third-order valence-electron chi connectivity index (χ3n) is 8.10. The van der Waals surface area contributed by atoms with Gasteiger partial charge in [-0.25, -0.2) is 0 Å². The average molecular weight is 452 g/mol. The Bertz CT molecular complexity index is 1020. The average Bonchev–Trinajstić information content (AvgIpc) is 3.37. The molecule has 2 aromatic rings. The second-order valence-electron chi connectivity index (χ2n) is 10.2. The number of nitrogens with zero attached hydrogens (tertiary/aromatic N) is 3. The predicted molar refractivity (Wildman–Crippen MR) is 127 cm³/mol. The Hall–Kier alpha value is -2.64. The second kappa shape index (κ2) is 8.61. The van der Waals surface area contributed by atoms with E-state index in [9.17, 15) is 10.1 Å². The summed E-state index contributed by atoms with van der Waals surface area (Å²) in [5, 5.41) is 10.9. The van der Waals surface area contributed by atoms with Crippen LogP contribution >= 0.6 is 0 Å². The van der Waals surface area contributed by atoms with E-state index >= 15 is 0 Å². The minimum absolute atomic E-state index is 0.00609. The van der Waals surface area contributed by atoms with Gasteiger partial charge in [-0.15, -0.1) is 0 Å². The van der Waals surface area contributed by atoms with Gasteiger partial charge in [0.25, 0.3) is 5.69 Å². The van der Waals surface area contributed by atoms with Gasteiger partial charge in [0.2, 0.25) is 0 Å². The first-order chi connectivity index (χ1) is 15.9. The van der Waals surface area contributed by atoms with Gasteiger partial charge in [-0.1, -0.05) is 18.2 Å². The van der Waals surface area contributed by atoms with Crippen molar-refractivity contribution in [2.75, 3.05) is 53.5 Å². The van der Waals surface area contributed by atoms with E-state index in [0.717, 1.165) is 49.6 Å². The van der Waals surface area contributed by atoms with Crippen molar-refractivity contribution in [1.29, 1.82) is 0 Å². The van der Waals surface area contributed by atoms with Crippen molar-refractivity contribution in [3.05, 3.63) is 63.7 Å². The van der Waals surface area contributed by atoms with Crippen LogP contribution in [0.4, 0.5) is 5.69 Å². The summed E-state index contributed by atoms with van der Waals surface area (Å²) in [5.74, 6) is 1.94. The lowest BCUT2D eigenvalue weighted by atomic mass is 9.74. The van der Waals surface area contributed by atoms with Crippen LogP contribution in [0.2, 0.25) is 0 Å². The summed E-state index contributed by atoms with van der Waals surface area (Å²) in [5.41, 5.74) is 2.96. The van der Waals surface area contributed by atoms with E-state index in [1.807, 2.05) is 0 Å². The van der Waals surface area contributed by atoms with Crippen LogP contribution in [0, 0.1) is 10.1 Å². The van der Waals surface area contributed by atoms with E-state index in [1.165, 1.54) is 37.6 Å². The fraction of sp³-hybridized carbons (Fsp3) is 0.538. The topological polar surface area (TPSA) is 68.1 Å². The van der Waals surface area contributed by atoms with Crippen LogP contribution in [0.3, 0.4) is 0 Å². The fourth-order valence-electron chi connectivity index (χ4n) is 5.71. The number of benzene rings is 2. The first kappa shape index (κ1) is 22.2. The maximum Gasteiger partial charge on any atom is 0.269 e. The normalized spacial score (nSPS) is 22.6. The molecule has 0 bridgehead atoms. The lowest BCUT2D eigenvalue weighted by molar-refractivity contribution is -0.385. The summed E-state index contributed by atoms with van der Waals surface area (Å²) < 4.78 is 11.5. The highest BCUT2D eigenvalue weighted by atomic mass is 16.6. The monoisotopic (exact) mass is 451 g/mol. The molecule has 2 fully saturated rings. The molecule has 7 heteroatoms. The number of para-hydroxylation sites is 1. The van der Waals surface area contributed by atoms with Gasteiger partial charge in [-0.05, 0) is 78.1 Å². The van der Waals surface area contributed by atoms with Gasteiger partial charge in [0, 0.05) is 34.1 Å². The molecule has 176 valence electrons. The van der Waals surface area contributed by atoms with E-state index < -0.39 is 0 Å². The van der Waals surface area contributed by atoms with Gasteiger partial charge in [0.1, 0.15) is 11.5 Å². The van der Waals surface area contributed by atoms with Crippen molar-refractivity contribution < 1.29 is 14.4 Å². The van der Waals surface area contributed by atoms with Crippen molar-refractivity contribution in [2.45, 2.75) is 36.5 Å². The number of nitro benzene ring substituents is 1. The highest BCUT2D eigenvalue weighted by molar-refractivity contribution is 5.50. The highest BCUT2D eigenvalue weighted by Crippen LogP contribution is 2.47. The molecule has 33 heavy (non-hydrogen) atoms. The van der Waals surface area contributed by atoms with Crippen LogP contribution in [0.15, 0.2) is 42.5 Å². The second-order valence-corrected chi connectivity index (χ2v) is 10.2. The standard InChI is InChI=1S/C13H16N2O3.C13H17NO/c1-14-6-4-13(5-7-14)9-18-12-3-2-10(15(16)17)8-11(12)13;1-14-8-6-13(7-9-14)10-15-12-5-3-2-4-11(12)13/h2-3,8H,4-7,9H2,1H3;2-5H,6-10H2,1H3. The first-order valence-corrected chi connectivity index (χ1v) is 11.9. The Kier molecular flexibility index (Phi) is 5.79. The SMILES string of the molecule is CN1CCC2(CC1)COc1ccc([N+](=O)[O-])cc12.CN1CCC2(CC1)COc1ccccc12. The quantitative estimate of drug-likeness (QED) is 0.482. The molecule has 0 atom stereocenters. The molecule has 0 aromatic heterocycles. The molecule has 4 aliphatic heterocycles. The number of rotatable bonds is 1. The molecule has 4 aliphatic rings. The molecule has 2 aromatic carbocycles. The van der Waals surface area contributed by atoms with Gasteiger partial charge >= 0.3 is 0 Å². The number of ether oxygens (including phenoxy) is 2. The summed E-state index contributed by atoms with van der Waals surface area (Å²) in [6.07, 6.45) is 4.50. The van der Waals surface area contributed by atoms with Gasteiger partial charge in [-0.2, -0.15) is 0 Å². The number of piperidine rings is 2. The smallest absolute Gasteiger partial charge is 0.269 e. The largest absolute Gasteiger partial charge is 0.492 e. The maximum absolute atomic E-state index is 10.9. The van der Waals surface area contributed by atoms with Crippen LogP contribution in [0.5, 0.6) is 11.5 Å². The Morgan fingerprint density at radius 3 is 1.88 bits per heavy atom. The third-order valence-corrected chi connectivity index (χ3v) is 8.10. The molecule has 4 heterocycles. The minimum Gasteiger partial charge on any atom is -0.492 e. The molecule has 0 saturated carbocycles. The zero-order chi connectivity index (χ0) is 23.1. The van der Waals surface area contributed by atoms with Crippen LogP contribution in [-0.4, -0.2) is 68.2 Å². The number of likely N-dealkylation sites (tertiary alicyclic amines) is 2. The molecule has 0 radical (unpaired) electrons. The Balaban J connectivity index is 0.000000140. The van der Waals surface area contributed by atoms with Crippen molar-refractivity contribution in [3.63, 3.8) is 0 Å². The van der Waals surface area contributed by atoms with Crippen LogP contribution in [0.1, 0.15) is 36.8 Å². The van der Waals surface area contributed by atoms with Gasteiger partial charge < -0.3 is 19.3 Å². The van der Waals surface area contributed by atoms with E-state index in [4.69, 9.17) is 9.47 Å². The molecule has 2 saturated heterocycles. The summed E-state index contributed by atoms with van der Waals surface area (Å²) in [6, 6.07) is 13.5. The van der Waals surface area contributed by atoms with Crippen molar-refractivity contribution in [3.8, 4) is 11.5 Å². The van der Waals surface area contributed by atoms with E-state index in [-0.39, 0.29) is 16.0 Å². The zero-order valence-corrected chi connectivity index (χ0v) is 19.6. The molecule has 7 nitrogen and oxygen atoms in total. The van der Waals surface area contributed by atoms with Crippen molar-refractivity contribution >= 4 is 5.69 Å². The molecule has 0 aliphatic carbocycles. The number of hydrogen-bond acceptors (Lipinski definition) is 6. The van der Waals surface area contributed by atoms with Gasteiger partial charge in [0.05, 0.1) is 18.1 Å².